The van der Waals surface area contributed by atoms with E-state index in [0.29, 0.717) is 28.2 Å². The van der Waals surface area contributed by atoms with Crippen molar-refractivity contribution in [3.63, 3.8) is 0 Å². The number of carbonyl (C=O) groups is 1. The first-order valence-corrected chi connectivity index (χ1v) is 11.0. The summed E-state index contributed by atoms with van der Waals surface area (Å²) in [7, 11) is 0. The molecule has 0 bridgehead atoms. The van der Waals surface area contributed by atoms with E-state index in [4.69, 9.17) is 4.42 Å². The zero-order chi connectivity index (χ0) is 20.4. The van der Waals surface area contributed by atoms with E-state index in [1.807, 2.05) is 38.1 Å². The molecule has 2 aromatic heterocycles. The molecule has 0 radical (unpaired) electrons. The van der Waals surface area contributed by atoms with Crippen molar-refractivity contribution in [2.24, 2.45) is 0 Å². The van der Waals surface area contributed by atoms with Gasteiger partial charge < -0.3 is 14.3 Å². The summed E-state index contributed by atoms with van der Waals surface area (Å²) in [6.07, 6.45) is 5.79. The smallest absolute Gasteiger partial charge is 0.257 e. The second kappa shape index (κ2) is 8.34. The molecular weight excluding hydrogens is 384 g/mol. The van der Waals surface area contributed by atoms with Gasteiger partial charge in [-0.15, -0.1) is 0 Å². The number of carbonyl (C=O) groups excluding carboxylic acids is 1. The zero-order valence-corrected chi connectivity index (χ0v) is 17.5. The summed E-state index contributed by atoms with van der Waals surface area (Å²) in [5, 5.41) is 13.2. The summed E-state index contributed by atoms with van der Waals surface area (Å²) >= 11 is 1.26. The number of aromatic nitrogens is 2. The first-order chi connectivity index (χ1) is 14.1. The van der Waals surface area contributed by atoms with Crippen molar-refractivity contribution in [1.82, 2.24) is 9.55 Å². The number of fused-ring (bicyclic) bond motifs is 1. The van der Waals surface area contributed by atoms with Gasteiger partial charge in [-0.25, -0.2) is 4.98 Å². The van der Waals surface area contributed by atoms with Gasteiger partial charge in [0.05, 0.1) is 11.3 Å². The van der Waals surface area contributed by atoms with E-state index in [-0.39, 0.29) is 11.7 Å². The van der Waals surface area contributed by atoms with E-state index in [1.165, 1.54) is 31.0 Å². The first-order valence-electron chi connectivity index (χ1n) is 9.98. The average Bonchev–Trinajstić information content (AvgIpc) is 3.25. The van der Waals surface area contributed by atoms with Crippen LogP contribution in [0, 0.1) is 25.2 Å². The van der Waals surface area contributed by atoms with E-state index in [1.54, 1.807) is 0 Å². The maximum Gasteiger partial charge on any atom is 0.257 e. The van der Waals surface area contributed by atoms with Gasteiger partial charge in [0.15, 0.2) is 5.58 Å². The van der Waals surface area contributed by atoms with Gasteiger partial charge in [0.2, 0.25) is 5.91 Å². The third kappa shape index (κ3) is 3.90. The molecule has 1 aliphatic rings. The van der Waals surface area contributed by atoms with Gasteiger partial charge in [0, 0.05) is 11.7 Å². The fraction of sp³-hybridized carbons (Fsp3) is 0.409. The van der Waals surface area contributed by atoms with Crippen LogP contribution in [0.25, 0.3) is 11.1 Å². The normalized spacial score (nSPS) is 14.8. The van der Waals surface area contributed by atoms with Crippen LogP contribution in [0.4, 0.5) is 5.82 Å². The molecule has 4 rings (SSSR count). The van der Waals surface area contributed by atoms with Crippen LogP contribution in [0.2, 0.25) is 0 Å². The molecule has 0 atom stereocenters. The minimum atomic E-state index is -0.164. The Labute approximate surface area is 174 Å². The molecule has 1 amide bonds. The highest BCUT2D eigenvalue weighted by Crippen LogP contribution is 2.37. The predicted octanol–water partition coefficient (Wildman–Crippen LogP) is 5.35. The monoisotopic (exact) mass is 408 g/mol. The van der Waals surface area contributed by atoms with Gasteiger partial charge in [0.1, 0.15) is 17.4 Å². The number of para-hydroxylation sites is 2. The average molecular weight is 409 g/mol. The fourth-order valence-corrected chi connectivity index (χ4v) is 4.73. The van der Waals surface area contributed by atoms with Crippen LogP contribution in [0.5, 0.6) is 0 Å². The Morgan fingerprint density at radius 3 is 2.79 bits per heavy atom. The number of nitrogens with zero attached hydrogens (tertiary/aromatic N) is 3. The molecule has 7 heteroatoms. The molecule has 29 heavy (non-hydrogen) atoms. The minimum Gasteiger partial charge on any atom is -0.431 e. The lowest BCUT2D eigenvalue weighted by Crippen LogP contribution is -2.21. The van der Waals surface area contributed by atoms with E-state index < -0.39 is 0 Å². The van der Waals surface area contributed by atoms with Gasteiger partial charge >= 0.3 is 0 Å². The second-order valence-electron chi connectivity index (χ2n) is 7.49. The van der Waals surface area contributed by atoms with Crippen LogP contribution in [0.1, 0.15) is 55.0 Å². The minimum absolute atomic E-state index is 0.164. The topological polar surface area (TPSA) is 83.8 Å². The number of benzene rings is 1. The summed E-state index contributed by atoms with van der Waals surface area (Å²) in [4.78, 5) is 17.1. The Bertz CT molecular complexity index is 1050. The largest absolute Gasteiger partial charge is 0.431 e. The van der Waals surface area contributed by atoms with Crippen LogP contribution in [-0.2, 0) is 4.79 Å². The molecule has 0 saturated heterocycles. The number of thioether (sulfide) groups is 1. The lowest BCUT2D eigenvalue weighted by molar-refractivity contribution is -0.113. The van der Waals surface area contributed by atoms with Crippen LogP contribution in [0.3, 0.4) is 0 Å². The van der Waals surface area contributed by atoms with Crippen LogP contribution < -0.4 is 5.32 Å². The van der Waals surface area contributed by atoms with Crippen LogP contribution in [0.15, 0.2) is 33.9 Å². The lowest BCUT2D eigenvalue weighted by Gasteiger charge is -2.27. The standard InChI is InChI=1S/C22H24N4O2S/c1-14-15(2)26(16-8-4-3-5-9-16)21(17(14)12-23)25-20(27)13-29-22-24-18-10-6-7-11-19(18)28-22/h6-7,10-11,16H,3-5,8-9,13H2,1-2H3,(H,25,27). The molecule has 1 saturated carbocycles. The molecule has 0 spiro atoms. The Kier molecular flexibility index (Phi) is 5.63. The highest BCUT2D eigenvalue weighted by Gasteiger charge is 2.26. The Hall–Kier alpha value is -2.72. The van der Waals surface area contributed by atoms with E-state index in [0.717, 1.165) is 29.6 Å². The number of amides is 1. The molecule has 1 aliphatic carbocycles. The number of oxazole rings is 1. The molecule has 0 aliphatic heterocycles. The summed E-state index contributed by atoms with van der Waals surface area (Å²) < 4.78 is 7.85. The van der Waals surface area contributed by atoms with Gasteiger partial charge in [-0.3, -0.25) is 4.79 Å². The van der Waals surface area contributed by atoms with Crippen molar-refractivity contribution in [3.05, 3.63) is 41.1 Å². The summed E-state index contributed by atoms with van der Waals surface area (Å²) in [6.45, 7) is 3.99. The molecule has 150 valence electrons. The molecule has 0 unspecified atom stereocenters. The highest BCUT2D eigenvalue weighted by atomic mass is 32.2. The summed E-state index contributed by atoms with van der Waals surface area (Å²) in [5.41, 5.74) is 4.06. The molecule has 1 aromatic carbocycles. The first kappa shape index (κ1) is 19.6. The van der Waals surface area contributed by atoms with Crippen LogP contribution >= 0.6 is 11.8 Å². The molecule has 1 fully saturated rings. The maximum atomic E-state index is 12.7. The number of nitrogens with one attached hydrogen (secondary N) is 1. The van der Waals surface area contributed by atoms with Crippen molar-refractivity contribution in [3.8, 4) is 6.07 Å². The predicted molar refractivity (Wildman–Crippen MR) is 114 cm³/mol. The van der Waals surface area contributed by atoms with Gasteiger partial charge in [-0.05, 0) is 44.4 Å². The number of rotatable bonds is 5. The molecular formula is C22H24N4O2S. The number of anilines is 1. The number of nitriles is 1. The van der Waals surface area contributed by atoms with Gasteiger partial charge in [-0.1, -0.05) is 43.2 Å². The number of hydrogen-bond donors (Lipinski definition) is 1. The lowest BCUT2D eigenvalue weighted by atomic mass is 9.95. The Morgan fingerprint density at radius 1 is 1.31 bits per heavy atom. The third-order valence-corrected chi connectivity index (χ3v) is 6.50. The SMILES string of the molecule is Cc1c(C#N)c(NC(=O)CSc2nc3ccccc3o2)n(C2CCCCC2)c1C. The molecule has 6 nitrogen and oxygen atoms in total. The number of hydrogen-bond acceptors (Lipinski definition) is 5. The zero-order valence-electron chi connectivity index (χ0n) is 16.7. The molecule has 1 N–H and O–H groups in total. The van der Waals surface area contributed by atoms with Crippen molar-refractivity contribution in [2.75, 3.05) is 11.1 Å². The van der Waals surface area contributed by atoms with Crippen molar-refractivity contribution >= 4 is 34.6 Å². The van der Waals surface area contributed by atoms with Gasteiger partial charge in [-0.2, -0.15) is 5.26 Å². The van der Waals surface area contributed by atoms with E-state index >= 15 is 0 Å². The van der Waals surface area contributed by atoms with Crippen molar-refractivity contribution < 1.29 is 9.21 Å². The molecule has 2 heterocycles. The van der Waals surface area contributed by atoms with Crippen molar-refractivity contribution in [2.45, 2.75) is 57.2 Å². The Morgan fingerprint density at radius 2 is 2.07 bits per heavy atom. The Balaban J connectivity index is 1.52. The summed E-state index contributed by atoms with van der Waals surface area (Å²) in [6, 6.07) is 10.2. The fourth-order valence-electron chi connectivity index (χ4n) is 4.09. The van der Waals surface area contributed by atoms with Gasteiger partial charge in [0.25, 0.3) is 5.22 Å². The highest BCUT2D eigenvalue weighted by molar-refractivity contribution is 7.99. The maximum absolute atomic E-state index is 12.7. The van der Waals surface area contributed by atoms with Crippen LogP contribution in [-0.4, -0.2) is 21.2 Å². The quantitative estimate of drug-likeness (QED) is 0.575. The third-order valence-electron chi connectivity index (χ3n) is 5.67. The van der Waals surface area contributed by atoms with E-state index in [2.05, 4.69) is 20.9 Å². The van der Waals surface area contributed by atoms with E-state index in [9.17, 15) is 10.1 Å². The summed E-state index contributed by atoms with van der Waals surface area (Å²) in [5.74, 6) is 0.645. The molecule has 3 aromatic rings. The second-order valence-corrected chi connectivity index (χ2v) is 8.42. The van der Waals surface area contributed by atoms with Crippen molar-refractivity contribution in [1.29, 1.82) is 5.26 Å².